The lowest BCUT2D eigenvalue weighted by molar-refractivity contribution is -0.146. The van der Waals surface area contributed by atoms with E-state index in [4.69, 9.17) is 4.74 Å². The third-order valence-corrected chi connectivity index (χ3v) is 6.06. The number of aromatic nitrogens is 1. The SMILES string of the molecule is O=C(Cn1cc(CN(C(=O)C2CNCCO2)C2CC2)c2ccccc21)Nc1ccccc1. The first-order chi connectivity index (χ1) is 15.7. The van der Waals surface area contributed by atoms with Gasteiger partial charge in [0.1, 0.15) is 12.6 Å². The lowest BCUT2D eigenvalue weighted by Gasteiger charge is -2.30. The summed E-state index contributed by atoms with van der Waals surface area (Å²) in [7, 11) is 0. The Morgan fingerprint density at radius 3 is 2.62 bits per heavy atom. The van der Waals surface area contributed by atoms with E-state index in [0.717, 1.165) is 41.5 Å². The van der Waals surface area contributed by atoms with E-state index >= 15 is 0 Å². The van der Waals surface area contributed by atoms with Crippen molar-refractivity contribution in [2.75, 3.05) is 25.0 Å². The van der Waals surface area contributed by atoms with E-state index in [1.54, 1.807) is 0 Å². The van der Waals surface area contributed by atoms with E-state index in [1.807, 2.05) is 64.2 Å². The second-order valence-electron chi connectivity index (χ2n) is 8.47. The van der Waals surface area contributed by atoms with Crippen LogP contribution in [0.1, 0.15) is 18.4 Å². The number of ether oxygens (including phenoxy) is 1. The van der Waals surface area contributed by atoms with E-state index in [1.165, 1.54) is 0 Å². The first-order valence-electron chi connectivity index (χ1n) is 11.2. The quantitative estimate of drug-likeness (QED) is 0.602. The molecule has 166 valence electrons. The summed E-state index contributed by atoms with van der Waals surface area (Å²) in [6, 6.07) is 17.8. The van der Waals surface area contributed by atoms with Gasteiger partial charge in [-0.1, -0.05) is 36.4 Å². The molecule has 2 heterocycles. The molecule has 0 bridgehead atoms. The highest BCUT2D eigenvalue weighted by Crippen LogP contribution is 2.31. The van der Waals surface area contributed by atoms with Crippen molar-refractivity contribution in [3.8, 4) is 0 Å². The maximum absolute atomic E-state index is 13.2. The van der Waals surface area contributed by atoms with Crippen LogP contribution >= 0.6 is 0 Å². The zero-order valence-electron chi connectivity index (χ0n) is 18.0. The van der Waals surface area contributed by atoms with Crippen molar-refractivity contribution in [2.24, 2.45) is 0 Å². The van der Waals surface area contributed by atoms with Crippen LogP contribution in [0.3, 0.4) is 0 Å². The summed E-state index contributed by atoms with van der Waals surface area (Å²) in [6.45, 7) is 2.64. The summed E-state index contributed by atoms with van der Waals surface area (Å²) in [5.74, 6) is -0.0290. The highest BCUT2D eigenvalue weighted by Gasteiger charge is 2.37. The maximum Gasteiger partial charge on any atom is 0.253 e. The van der Waals surface area contributed by atoms with Crippen LogP contribution in [0.2, 0.25) is 0 Å². The summed E-state index contributed by atoms with van der Waals surface area (Å²) in [5, 5.41) is 7.27. The number of carbonyl (C=O) groups excluding carboxylic acids is 2. The number of nitrogens with one attached hydrogen (secondary N) is 2. The number of rotatable bonds is 7. The molecule has 32 heavy (non-hydrogen) atoms. The number of para-hydroxylation sites is 2. The largest absolute Gasteiger partial charge is 0.366 e. The number of carbonyl (C=O) groups is 2. The molecule has 0 radical (unpaired) electrons. The van der Waals surface area contributed by atoms with Crippen LogP contribution in [0.25, 0.3) is 10.9 Å². The number of benzene rings is 2. The van der Waals surface area contributed by atoms with Crippen molar-refractivity contribution in [3.05, 3.63) is 66.4 Å². The van der Waals surface area contributed by atoms with Crippen LogP contribution in [-0.2, 0) is 27.4 Å². The number of amides is 2. The standard InChI is InChI=1S/C25H28N4O3/c30-24(27-19-6-2-1-3-7-19)17-28-15-18(21-8-4-5-9-22(21)28)16-29(20-10-11-20)25(31)23-14-26-12-13-32-23/h1-9,15,20,23,26H,10-14,16-17H2,(H,27,30). The molecule has 1 unspecified atom stereocenters. The van der Waals surface area contributed by atoms with Gasteiger partial charge >= 0.3 is 0 Å². The molecule has 1 aromatic heterocycles. The minimum Gasteiger partial charge on any atom is -0.366 e. The molecule has 2 aliphatic rings. The van der Waals surface area contributed by atoms with E-state index in [2.05, 4.69) is 16.7 Å². The van der Waals surface area contributed by atoms with E-state index in [-0.39, 0.29) is 24.4 Å². The van der Waals surface area contributed by atoms with E-state index in [9.17, 15) is 9.59 Å². The van der Waals surface area contributed by atoms with Gasteiger partial charge in [0.2, 0.25) is 5.91 Å². The van der Waals surface area contributed by atoms with Gasteiger partial charge in [-0.25, -0.2) is 0 Å². The predicted molar refractivity (Wildman–Crippen MR) is 123 cm³/mol. The van der Waals surface area contributed by atoms with Gasteiger partial charge in [0.05, 0.1) is 6.61 Å². The first-order valence-corrected chi connectivity index (χ1v) is 11.2. The Morgan fingerprint density at radius 2 is 1.88 bits per heavy atom. The second-order valence-corrected chi connectivity index (χ2v) is 8.47. The Bertz CT molecular complexity index is 1100. The Labute approximate surface area is 187 Å². The number of fused-ring (bicyclic) bond motifs is 1. The lowest BCUT2D eigenvalue weighted by Crippen LogP contribution is -2.49. The number of hydrogen-bond acceptors (Lipinski definition) is 4. The average molecular weight is 433 g/mol. The van der Waals surface area contributed by atoms with Gasteiger partial charge in [0, 0.05) is 48.5 Å². The molecule has 2 fully saturated rings. The van der Waals surface area contributed by atoms with Crippen molar-refractivity contribution in [2.45, 2.75) is 38.1 Å². The van der Waals surface area contributed by atoms with E-state index < -0.39 is 6.10 Å². The maximum atomic E-state index is 13.2. The molecule has 1 saturated carbocycles. The summed E-state index contributed by atoms with van der Waals surface area (Å²) in [4.78, 5) is 27.8. The van der Waals surface area contributed by atoms with Crippen LogP contribution < -0.4 is 10.6 Å². The minimum atomic E-state index is -0.422. The molecular weight excluding hydrogens is 404 g/mol. The number of nitrogens with zero attached hydrogens (tertiary/aromatic N) is 2. The van der Waals surface area contributed by atoms with Crippen LogP contribution in [0, 0.1) is 0 Å². The van der Waals surface area contributed by atoms with Crippen LogP contribution in [0.4, 0.5) is 5.69 Å². The molecule has 0 spiro atoms. The highest BCUT2D eigenvalue weighted by molar-refractivity contribution is 5.92. The van der Waals surface area contributed by atoms with Gasteiger partial charge in [-0.15, -0.1) is 0 Å². The van der Waals surface area contributed by atoms with Gasteiger partial charge < -0.3 is 24.8 Å². The van der Waals surface area contributed by atoms with Crippen molar-refractivity contribution < 1.29 is 14.3 Å². The van der Waals surface area contributed by atoms with Crippen molar-refractivity contribution in [3.63, 3.8) is 0 Å². The topological polar surface area (TPSA) is 75.6 Å². The van der Waals surface area contributed by atoms with Crippen molar-refractivity contribution in [1.82, 2.24) is 14.8 Å². The zero-order valence-corrected chi connectivity index (χ0v) is 18.0. The fraction of sp³-hybridized carbons (Fsp3) is 0.360. The van der Waals surface area contributed by atoms with Crippen molar-refractivity contribution >= 4 is 28.4 Å². The molecule has 1 aliphatic carbocycles. The lowest BCUT2D eigenvalue weighted by atomic mass is 10.1. The Kier molecular flexibility index (Phi) is 5.92. The monoisotopic (exact) mass is 432 g/mol. The normalized spacial score (nSPS) is 18.4. The Morgan fingerprint density at radius 1 is 1.09 bits per heavy atom. The zero-order chi connectivity index (χ0) is 21.9. The fourth-order valence-electron chi connectivity index (χ4n) is 4.32. The Hall–Kier alpha value is -3.16. The summed E-state index contributed by atoms with van der Waals surface area (Å²) >= 11 is 0. The second kappa shape index (κ2) is 9.14. The molecule has 2 aromatic carbocycles. The average Bonchev–Trinajstić information content (AvgIpc) is 3.62. The first kappa shape index (κ1) is 20.7. The predicted octanol–water partition coefficient (Wildman–Crippen LogP) is 2.76. The molecule has 2 N–H and O–H groups in total. The summed E-state index contributed by atoms with van der Waals surface area (Å²) in [5.41, 5.74) is 2.82. The smallest absolute Gasteiger partial charge is 0.253 e. The molecule has 1 saturated heterocycles. The molecule has 5 rings (SSSR count). The van der Waals surface area contributed by atoms with Gasteiger partial charge in [-0.3, -0.25) is 9.59 Å². The molecule has 1 atom stereocenters. The van der Waals surface area contributed by atoms with Crippen LogP contribution in [-0.4, -0.2) is 53.1 Å². The highest BCUT2D eigenvalue weighted by atomic mass is 16.5. The third-order valence-electron chi connectivity index (χ3n) is 6.06. The molecule has 7 heteroatoms. The van der Waals surface area contributed by atoms with Crippen LogP contribution in [0.5, 0.6) is 0 Å². The fourth-order valence-corrected chi connectivity index (χ4v) is 4.32. The van der Waals surface area contributed by atoms with Gasteiger partial charge in [-0.2, -0.15) is 0 Å². The third kappa shape index (κ3) is 4.54. The molecule has 2 amide bonds. The molecule has 7 nitrogen and oxygen atoms in total. The van der Waals surface area contributed by atoms with Gasteiger partial charge in [-0.05, 0) is 36.6 Å². The molecule has 3 aromatic rings. The van der Waals surface area contributed by atoms with Gasteiger partial charge in [0.25, 0.3) is 5.91 Å². The Balaban J connectivity index is 1.37. The minimum absolute atomic E-state index is 0.0540. The number of anilines is 1. The van der Waals surface area contributed by atoms with Crippen LogP contribution in [0.15, 0.2) is 60.8 Å². The molecule has 1 aliphatic heterocycles. The summed E-state index contributed by atoms with van der Waals surface area (Å²) in [6.07, 6.45) is 3.65. The number of hydrogen-bond donors (Lipinski definition) is 2. The van der Waals surface area contributed by atoms with Gasteiger partial charge in [0.15, 0.2) is 0 Å². The van der Waals surface area contributed by atoms with E-state index in [0.29, 0.717) is 19.7 Å². The van der Waals surface area contributed by atoms with Crippen molar-refractivity contribution in [1.29, 1.82) is 0 Å². The number of morpholine rings is 1. The summed E-state index contributed by atoms with van der Waals surface area (Å²) < 4.78 is 7.70. The molecular formula is C25H28N4O3.